The summed E-state index contributed by atoms with van der Waals surface area (Å²) in [5.41, 5.74) is 4.17. The number of methoxy groups -OCH3 is 1. The fourth-order valence-corrected chi connectivity index (χ4v) is 2.15. The topological polar surface area (TPSA) is 48.0 Å². The average Bonchev–Trinajstić information content (AvgIpc) is 2.46. The molecule has 0 spiro atoms. The van der Waals surface area contributed by atoms with Gasteiger partial charge in [-0.3, -0.25) is 5.43 Å². The molecule has 2 rings (SSSR count). The summed E-state index contributed by atoms with van der Waals surface area (Å²) < 4.78 is 5.16. The van der Waals surface area contributed by atoms with Crippen molar-refractivity contribution >= 4 is 0 Å². The van der Waals surface area contributed by atoms with E-state index in [1.807, 2.05) is 24.3 Å². The normalized spacial score (nSPS) is 19.3. The first kappa shape index (κ1) is 14.3. The Bertz CT molecular complexity index is 392. The number of aliphatic hydroxyl groups excluding tert-OH is 1. The van der Waals surface area contributed by atoms with E-state index in [-0.39, 0.29) is 0 Å². The number of hydrazine groups is 1. The fraction of sp³-hybridized carbons (Fsp3) is 0.571. The number of hydrogen-bond acceptors (Lipinski definition) is 5. The molecule has 1 fully saturated rings. The van der Waals surface area contributed by atoms with E-state index >= 15 is 0 Å². The van der Waals surface area contributed by atoms with E-state index in [1.165, 1.54) is 0 Å². The first-order valence-corrected chi connectivity index (χ1v) is 6.68. The number of nitrogens with one attached hydrogen (secondary N) is 1. The molecule has 1 saturated heterocycles. The highest BCUT2D eigenvalue weighted by Gasteiger charge is 2.15. The molecule has 1 aliphatic rings. The van der Waals surface area contributed by atoms with Crippen LogP contribution in [0, 0.1) is 0 Å². The Labute approximate surface area is 114 Å². The van der Waals surface area contributed by atoms with Crippen LogP contribution < -0.4 is 10.2 Å². The van der Waals surface area contributed by atoms with Gasteiger partial charge in [0.1, 0.15) is 5.75 Å². The summed E-state index contributed by atoms with van der Waals surface area (Å²) in [7, 11) is 3.76. The van der Waals surface area contributed by atoms with Crippen LogP contribution in [0.25, 0.3) is 0 Å². The van der Waals surface area contributed by atoms with Crippen molar-refractivity contribution in [3.8, 4) is 5.75 Å². The van der Waals surface area contributed by atoms with Gasteiger partial charge in [0.15, 0.2) is 0 Å². The van der Waals surface area contributed by atoms with E-state index in [1.54, 1.807) is 7.11 Å². The number of benzene rings is 1. The predicted molar refractivity (Wildman–Crippen MR) is 75.0 cm³/mol. The number of rotatable bonds is 5. The van der Waals surface area contributed by atoms with E-state index in [4.69, 9.17) is 4.74 Å². The molecular weight excluding hydrogens is 242 g/mol. The average molecular weight is 265 g/mol. The van der Waals surface area contributed by atoms with E-state index in [9.17, 15) is 5.11 Å². The lowest BCUT2D eigenvalue weighted by Gasteiger charge is -2.33. The largest absolute Gasteiger partial charge is 0.497 e. The van der Waals surface area contributed by atoms with Gasteiger partial charge in [0, 0.05) is 32.7 Å². The van der Waals surface area contributed by atoms with Gasteiger partial charge in [0.2, 0.25) is 0 Å². The molecule has 1 aromatic carbocycles. The molecular formula is C14H23N3O2. The van der Waals surface area contributed by atoms with Crippen LogP contribution in [0.1, 0.15) is 11.7 Å². The molecule has 0 radical (unpaired) electrons. The van der Waals surface area contributed by atoms with Crippen molar-refractivity contribution in [1.82, 2.24) is 15.3 Å². The number of piperazine rings is 1. The third-order valence-corrected chi connectivity index (χ3v) is 3.49. The van der Waals surface area contributed by atoms with Crippen molar-refractivity contribution < 1.29 is 9.84 Å². The van der Waals surface area contributed by atoms with Gasteiger partial charge in [-0.15, -0.1) is 0 Å². The zero-order valence-corrected chi connectivity index (χ0v) is 11.7. The summed E-state index contributed by atoms with van der Waals surface area (Å²) in [4.78, 5) is 2.30. The van der Waals surface area contributed by atoms with Gasteiger partial charge in [-0.2, -0.15) is 0 Å². The Morgan fingerprint density at radius 1 is 1.32 bits per heavy atom. The van der Waals surface area contributed by atoms with Gasteiger partial charge >= 0.3 is 0 Å². The Balaban J connectivity index is 1.81. The Hall–Kier alpha value is -1.14. The van der Waals surface area contributed by atoms with Crippen LogP contribution in [0.5, 0.6) is 5.75 Å². The monoisotopic (exact) mass is 265 g/mol. The third-order valence-electron chi connectivity index (χ3n) is 3.49. The predicted octanol–water partition coefficient (Wildman–Crippen LogP) is 0.481. The summed E-state index contributed by atoms with van der Waals surface area (Å²) in [6.07, 6.45) is -0.519. The van der Waals surface area contributed by atoms with Crippen LogP contribution in [0.15, 0.2) is 24.3 Å². The third kappa shape index (κ3) is 4.18. The van der Waals surface area contributed by atoms with E-state index in [0.717, 1.165) is 37.5 Å². The number of ether oxygens (including phenoxy) is 1. The molecule has 0 bridgehead atoms. The van der Waals surface area contributed by atoms with Crippen LogP contribution >= 0.6 is 0 Å². The summed E-state index contributed by atoms with van der Waals surface area (Å²) in [6, 6.07) is 7.56. The summed E-state index contributed by atoms with van der Waals surface area (Å²) in [6.45, 7) is 4.62. The van der Waals surface area contributed by atoms with Gasteiger partial charge in [0.05, 0.1) is 13.2 Å². The summed E-state index contributed by atoms with van der Waals surface area (Å²) >= 11 is 0. The van der Waals surface area contributed by atoms with Crippen LogP contribution in [0.3, 0.4) is 0 Å². The Morgan fingerprint density at radius 2 is 2.05 bits per heavy atom. The van der Waals surface area contributed by atoms with Crippen LogP contribution in [-0.2, 0) is 0 Å². The van der Waals surface area contributed by atoms with Crippen molar-refractivity contribution in [3.63, 3.8) is 0 Å². The first-order valence-electron chi connectivity index (χ1n) is 6.68. The van der Waals surface area contributed by atoms with Crippen molar-refractivity contribution in [2.75, 3.05) is 46.9 Å². The van der Waals surface area contributed by atoms with Gasteiger partial charge in [0.25, 0.3) is 0 Å². The molecule has 0 aliphatic carbocycles. The molecule has 1 heterocycles. The van der Waals surface area contributed by atoms with Gasteiger partial charge in [-0.05, 0) is 24.7 Å². The molecule has 0 saturated carbocycles. The lowest BCUT2D eigenvalue weighted by molar-refractivity contribution is 0.0743. The minimum Gasteiger partial charge on any atom is -0.497 e. The van der Waals surface area contributed by atoms with Gasteiger partial charge in [-0.25, -0.2) is 5.01 Å². The Kier molecular flexibility index (Phi) is 5.15. The molecule has 2 N–H and O–H groups in total. The quantitative estimate of drug-likeness (QED) is 0.811. The summed E-state index contributed by atoms with van der Waals surface area (Å²) in [5, 5.41) is 12.3. The molecule has 0 amide bonds. The minimum absolute atomic E-state index is 0.519. The lowest BCUT2D eigenvalue weighted by atomic mass is 10.1. The molecule has 5 heteroatoms. The second kappa shape index (κ2) is 6.86. The SMILES string of the molecule is COc1cccc(C(O)CNN2CCN(C)CC2)c1. The van der Waals surface area contributed by atoms with Crippen molar-refractivity contribution in [1.29, 1.82) is 0 Å². The van der Waals surface area contributed by atoms with Crippen LogP contribution in [-0.4, -0.2) is 61.9 Å². The molecule has 1 unspecified atom stereocenters. The molecule has 106 valence electrons. The highest BCUT2D eigenvalue weighted by atomic mass is 16.5. The van der Waals surface area contributed by atoms with E-state index in [2.05, 4.69) is 22.4 Å². The van der Waals surface area contributed by atoms with Gasteiger partial charge < -0.3 is 14.7 Å². The van der Waals surface area contributed by atoms with E-state index in [0.29, 0.717) is 6.54 Å². The number of likely N-dealkylation sites (N-methyl/N-ethyl adjacent to an activating group) is 1. The van der Waals surface area contributed by atoms with Crippen molar-refractivity contribution in [2.45, 2.75) is 6.10 Å². The molecule has 19 heavy (non-hydrogen) atoms. The smallest absolute Gasteiger partial charge is 0.119 e. The molecule has 0 aromatic heterocycles. The van der Waals surface area contributed by atoms with Gasteiger partial charge in [-0.1, -0.05) is 12.1 Å². The highest BCUT2D eigenvalue weighted by Crippen LogP contribution is 2.18. The highest BCUT2D eigenvalue weighted by molar-refractivity contribution is 5.29. The zero-order chi connectivity index (χ0) is 13.7. The maximum absolute atomic E-state index is 10.2. The zero-order valence-electron chi connectivity index (χ0n) is 11.7. The minimum atomic E-state index is -0.519. The first-order chi connectivity index (χ1) is 9.19. The van der Waals surface area contributed by atoms with Crippen molar-refractivity contribution in [2.24, 2.45) is 0 Å². The maximum Gasteiger partial charge on any atom is 0.119 e. The van der Waals surface area contributed by atoms with Crippen molar-refractivity contribution in [3.05, 3.63) is 29.8 Å². The standard InChI is InChI=1S/C14H23N3O2/c1-16-6-8-17(9-7-16)15-11-14(18)12-4-3-5-13(10-12)19-2/h3-5,10,14-15,18H,6-9,11H2,1-2H3. The fourth-order valence-electron chi connectivity index (χ4n) is 2.15. The number of aliphatic hydroxyl groups is 1. The lowest BCUT2D eigenvalue weighted by Crippen LogP contribution is -2.51. The van der Waals surface area contributed by atoms with E-state index < -0.39 is 6.10 Å². The molecule has 5 nitrogen and oxygen atoms in total. The number of nitrogens with zero attached hydrogens (tertiary/aromatic N) is 2. The van der Waals surface area contributed by atoms with Crippen LogP contribution in [0.4, 0.5) is 0 Å². The molecule has 1 aromatic rings. The summed E-state index contributed by atoms with van der Waals surface area (Å²) in [5.74, 6) is 0.774. The van der Waals surface area contributed by atoms with Crippen LogP contribution in [0.2, 0.25) is 0 Å². The number of hydrogen-bond donors (Lipinski definition) is 2. The Morgan fingerprint density at radius 3 is 2.74 bits per heavy atom. The second-order valence-corrected chi connectivity index (χ2v) is 4.94. The molecule has 1 aliphatic heterocycles. The maximum atomic E-state index is 10.2. The second-order valence-electron chi connectivity index (χ2n) is 4.94. The molecule has 1 atom stereocenters.